The predicted molar refractivity (Wildman–Crippen MR) is 104 cm³/mol. The molecule has 0 spiro atoms. The number of amides is 1. The van der Waals surface area contributed by atoms with Crippen molar-refractivity contribution in [3.8, 4) is 22.5 Å². The van der Waals surface area contributed by atoms with E-state index in [2.05, 4.69) is 10.5 Å². The van der Waals surface area contributed by atoms with Gasteiger partial charge in [-0.25, -0.2) is 9.59 Å². The van der Waals surface area contributed by atoms with E-state index in [0.29, 0.717) is 17.1 Å². The maximum absolute atomic E-state index is 11.9. The fourth-order valence-corrected chi connectivity index (χ4v) is 2.68. The first-order chi connectivity index (χ1) is 13.3. The summed E-state index contributed by atoms with van der Waals surface area (Å²) in [5.41, 5.74) is 3.80. The molecule has 7 heteroatoms. The molecule has 0 radical (unpaired) electrons. The second kappa shape index (κ2) is 7.96. The Kier molecular flexibility index (Phi) is 5.44. The van der Waals surface area contributed by atoms with Gasteiger partial charge in [-0.15, -0.1) is 0 Å². The van der Waals surface area contributed by atoms with Crippen molar-refractivity contribution in [3.63, 3.8) is 0 Å². The van der Waals surface area contributed by atoms with Crippen LogP contribution < -0.4 is 5.32 Å². The number of ether oxygens (including phenoxy) is 1. The number of benzene rings is 2. The Morgan fingerprint density at radius 3 is 2.07 bits per heavy atom. The molecule has 28 heavy (non-hydrogen) atoms. The zero-order chi connectivity index (χ0) is 20.3. The minimum absolute atomic E-state index is 0.238. The van der Waals surface area contributed by atoms with E-state index in [0.717, 1.165) is 16.7 Å². The average molecular weight is 380 g/mol. The molecule has 0 bridgehead atoms. The number of hydrogen-bond acceptors (Lipinski definition) is 5. The Bertz CT molecular complexity index is 989. The third-order valence-electron chi connectivity index (χ3n) is 4.04. The van der Waals surface area contributed by atoms with Crippen LogP contribution in [0.4, 0.5) is 10.5 Å². The standard InChI is InChI=1S/C21H20N2O5/c1-12(2)27-21(26)22-18-13(3)23-28-19(18)16-8-4-14(5-9-16)15-6-10-17(11-7-15)20(24)25/h4-12H,1-3H3,(H,22,26)(H,24,25). The van der Waals surface area contributed by atoms with Crippen LogP contribution in [-0.2, 0) is 4.74 Å². The molecule has 0 fully saturated rings. The molecule has 0 aliphatic heterocycles. The van der Waals surface area contributed by atoms with E-state index in [9.17, 15) is 9.59 Å². The summed E-state index contributed by atoms with van der Waals surface area (Å²) in [6.07, 6.45) is -0.812. The lowest BCUT2D eigenvalue weighted by Gasteiger charge is -2.10. The highest BCUT2D eigenvalue weighted by Gasteiger charge is 2.18. The second-order valence-electron chi connectivity index (χ2n) is 6.51. The Labute approximate surface area is 161 Å². The number of nitrogens with one attached hydrogen (secondary N) is 1. The van der Waals surface area contributed by atoms with Gasteiger partial charge in [0, 0.05) is 5.56 Å². The number of hydrogen-bond donors (Lipinski definition) is 2. The van der Waals surface area contributed by atoms with Crippen LogP contribution in [0, 0.1) is 6.92 Å². The number of carbonyl (C=O) groups excluding carboxylic acids is 1. The van der Waals surface area contributed by atoms with E-state index in [1.54, 1.807) is 45.0 Å². The van der Waals surface area contributed by atoms with E-state index in [1.165, 1.54) is 0 Å². The van der Waals surface area contributed by atoms with E-state index in [1.807, 2.05) is 24.3 Å². The van der Waals surface area contributed by atoms with Gasteiger partial charge in [-0.1, -0.05) is 41.6 Å². The topological polar surface area (TPSA) is 102 Å². The van der Waals surface area contributed by atoms with E-state index in [4.69, 9.17) is 14.4 Å². The van der Waals surface area contributed by atoms with Gasteiger partial charge in [0.05, 0.1) is 11.7 Å². The number of carboxylic acid groups (broad SMARTS) is 1. The SMILES string of the molecule is Cc1noc(-c2ccc(-c3ccc(C(=O)O)cc3)cc2)c1NC(=O)OC(C)C. The summed E-state index contributed by atoms with van der Waals surface area (Å²) in [4.78, 5) is 22.9. The van der Waals surface area contributed by atoms with Crippen molar-refractivity contribution in [1.82, 2.24) is 5.16 Å². The number of carboxylic acids is 1. The number of anilines is 1. The van der Waals surface area contributed by atoms with Crippen molar-refractivity contribution in [1.29, 1.82) is 0 Å². The number of aryl methyl sites for hydroxylation is 1. The molecular formula is C21H20N2O5. The van der Waals surface area contributed by atoms with Crippen molar-refractivity contribution >= 4 is 17.7 Å². The van der Waals surface area contributed by atoms with Crippen LogP contribution >= 0.6 is 0 Å². The van der Waals surface area contributed by atoms with E-state index in [-0.39, 0.29) is 11.7 Å². The molecule has 7 nitrogen and oxygen atoms in total. The second-order valence-corrected chi connectivity index (χ2v) is 6.51. The van der Waals surface area contributed by atoms with Crippen molar-refractivity contribution in [2.45, 2.75) is 26.9 Å². The third-order valence-corrected chi connectivity index (χ3v) is 4.04. The molecule has 0 saturated carbocycles. The van der Waals surface area contributed by atoms with Crippen LogP contribution in [0.2, 0.25) is 0 Å². The first-order valence-electron chi connectivity index (χ1n) is 8.73. The minimum atomic E-state index is -0.960. The summed E-state index contributed by atoms with van der Waals surface area (Å²) in [5.74, 6) is -0.524. The highest BCUT2D eigenvalue weighted by molar-refractivity contribution is 5.91. The zero-order valence-electron chi connectivity index (χ0n) is 15.7. The summed E-state index contributed by atoms with van der Waals surface area (Å²) >= 11 is 0. The van der Waals surface area contributed by atoms with Crippen LogP contribution in [0.1, 0.15) is 29.9 Å². The Morgan fingerprint density at radius 1 is 1.00 bits per heavy atom. The molecule has 1 aromatic heterocycles. The van der Waals surface area contributed by atoms with Crippen LogP contribution in [0.3, 0.4) is 0 Å². The molecule has 1 heterocycles. The Balaban J connectivity index is 1.84. The number of rotatable bonds is 5. The van der Waals surface area contributed by atoms with Gasteiger partial charge in [0.15, 0.2) is 5.76 Å². The summed E-state index contributed by atoms with van der Waals surface area (Å²) in [7, 11) is 0. The van der Waals surface area contributed by atoms with Gasteiger partial charge in [-0.05, 0) is 44.0 Å². The normalized spacial score (nSPS) is 10.7. The van der Waals surface area contributed by atoms with Crippen molar-refractivity contribution in [2.75, 3.05) is 5.32 Å². The molecule has 0 aliphatic rings. The number of nitrogens with zero attached hydrogens (tertiary/aromatic N) is 1. The van der Waals surface area contributed by atoms with E-state index < -0.39 is 12.1 Å². The van der Waals surface area contributed by atoms with Gasteiger partial charge in [0.2, 0.25) is 0 Å². The third kappa shape index (κ3) is 4.20. The van der Waals surface area contributed by atoms with Crippen LogP contribution in [0.5, 0.6) is 0 Å². The first-order valence-corrected chi connectivity index (χ1v) is 8.73. The number of aromatic carboxylic acids is 1. The highest BCUT2D eigenvalue weighted by atomic mass is 16.6. The Morgan fingerprint density at radius 2 is 1.54 bits per heavy atom. The van der Waals surface area contributed by atoms with Gasteiger partial charge >= 0.3 is 12.1 Å². The monoisotopic (exact) mass is 380 g/mol. The molecule has 0 atom stereocenters. The lowest BCUT2D eigenvalue weighted by molar-refractivity contribution is 0.0696. The molecule has 3 rings (SSSR count). The molecule has 1 amide bonds. The molecule has 0 saturated heterocycles. The molecular weight excluding hydrogens is 360 g/mol. The van der Waals surface area contributed by atoms with Crippen molar-refractivity contribution in [3.05, 3.63) is 59.8 Å². The van der Waals surface area contributed by atoms with Crippen LogP contribution in [0.25, 0.3) is 22.5 Å². The molecule has 0 unspecified atom stereocenters. The average Bonchev–Trinajstić information content (AvgIpc) is 3.02. The molecule has 0 aliphatic carbocycles. The zero-order valence-corrected chi connectivity index (χ0v) is 15.7. The minimum Gasteiger partial charge on any atom is -0.478 e. The quantitative estimate of drug-likeness (QED) is 0.648. The highest BCUT2D eigenvalue weighted by Crippen LogP contribution is 2.32. The van der Waals surface area contributed by atoms with Crippen LogP contribution in [0.15, 0.2) is 53.1 Å². The fourth-order valence-electron chi connectivity index (χ4n) is 2.68. The fraction of sp³-hybridized carbons (Fsp3) is 0.190. The summed E-state index contributed by atoms with van der Waals surface area (Å²) in [5, 5.41) is 15.6. The maximum atomic E-state index is 11.9. The summed E-state index contributed by atoms with van der Waals surface area (Å²) in [6, 6.07) is 14.1. The lowest BCUT2D eigenvalue weighted by atomic mass is 10.0. The first kappa shape index (κ1) is 19.2. The van der Waals surface area contributed by atoms with Gasteiger partial charge < -0.3 is 14.4 Å². The van der Waals surface area contributed by atoms with Gasteiger partial charge in [0.1, 0.15) is 11.4 Å². The summed E-state index contributed by atoms with van der Waals surface area (Å²) < 4.78 is 10.5. The van der Waals surface area contributed by atoms with E-state index >= 15 is 0 Å². The lowest BCUT2D eigenvalue weighted by Crippen LogP contribution is -2.18. The predicted octanol–water partition coefficient (Wildman–Crippen LogP) is 4.97. The number of carbonyl (C=O) groups is 2. The molecule has 2 aromatic carbocycles. The Hall–Kier alpha value is -3.61. The van der Waals surface area contributed by atoms with Gasteiger partial charge in [-0.3, -0.25) is 5.32 Å². The molecule has 144 valence electrons. The largest absolute Gasteiger partial charge is 0.478 e. The smallest absolute Gasteiger partial charge is 0.412 e. The summed E-state index contributed by atoms with van der Waals surface area (Å²) in [6.45, 7) is 5.27. The number of aromatic nitrogens is 1. The molecule has 3 aromatic rings. The molecule has 2 N–H and O–H groups in total. The van der Waals surface area contributed by atoms with Gasteiger partial charge in [-0.2, -0.15) is 0 Å². The van der Waals surface area contributed by atoms with Crippen LogP contribution in [-0.4, -0.2) is 28.4 Å². The maximum Gasteiger partial charge on any atom is 0.412 e. The van der Waals surface area contributed by atoms with Crippen molar-refractivity contribution < 1.29 is 24.0 Å². The van der Waals surface area contributed by atoms with Crippen molar-refractivity contribution in [2.24, 2.45) is 0 Å². The van der Waals surface area contributed by atoms with Gasteiger partial charge in [0.25, 0.3) is 0 Å².